The molecule has 0 bridgehead atoms. The van der Waals surface area contributed by atoms with Gasteiger partial charge in [0.15, 0.2) is 0 Å². The van der Waals surface area contributed by atoms with E-state index in [4.69, 9.17) is 4.74 Å². The number of nitrogens with zero attached hydrogens (tertiary/aromatic N) is 3. The molecule has 0 spiro atoms. The van der Waals surface area contributed by atoms with Crippen molar-refractivity contribution in [3.63, 3.8) is 0 Å². The maximum absolute atomic E-state index is 12.1. The molecule has 1 atom stereocenters. The van der Waals surface area contributed by atoms with E-state index in [0.717, 1.165) is 43.8 Å². The third-order valence-corrected chi connectivity index (χ3v) is 5.77. The first-order valence-electron chi connectivity index (χ1n) is 9.80. The van der Waals surface area contributed by atoms with Gasteiger partial charge in [-0.3, -0.25) is 14.7 Å². The highest BCUT2D eigenvalue weighted by molar-refractivity contribution is 5.73. The fourth-order valence-corrected chi connectivity index (χ4v) is 4.15. The quantitative estimate of drug-likeness (QED) is 0.838. The third kappa shape index (κ3) is 4.30. The number of carbonyl (C=O) groups excluding carboxylic acids is 1. The fourth-order valence-electron chi connectivity index (χ4n) is 4.15. The van der Waals surface area contributed by atoms with E-state index < -0.39 is 0 Å². The Labute approximate surface area is 161 Å². The van der Waals surface area contributed by atoms with Gasteiger partial charge >= 0.3 is 0 Å². The minimum Gasteiger partial charge on any atom is -0.488 e. The summed E-state index contributed by atoms with van der Waals surface area (Å²) in [5.74, 6) is 1.53. The first kappa shape index (κ1) is 18.0. The zero-order chi connectivity index (χ0) is 18.6. The molecule has 0 N–H and O–H groups in total. The first-order chi connectivity index (χ1) is 13.2. The number of hydrogen-bond acceptors (Lipinski definition) is 4. The third-order valence-electron chi connectivity index (χ3n) is 5.77. The number of likely N-dealkylation sites (tertiary alicyclic amines) is 1. The molecule has 5 heteroatoms. The molecule has 2 aromatic rings. The van der Waals surface area contributed by atoms with Gasteiger partial charge in [-0.1, -0.05) is 18.2 Å². The summed E-state index contributed by atoms with van der Waals surface area (Å²) in [6.07, 6.45) is 5.98. The average molecular weight is 365 g/mol. The lowest BCUT2D eigenvalue weighted by Crippen LogP contribution is -2.44. The first-order valence-corrected chi connectivity index (χ1v) is 9.80. The van der Waals surface area contributed by atoms with Gasteiger partial charge in [-0.05, 0) is 49.7 Å². The number of amides is 1. The zero-order valence-electron chi connectivity index (χ0n) is 15.9. The van der Waals surface area contributed by atoms with Crippen LogP contribution >= 0.6 is 0 Å². The topological polar surface area (TPSA) is 45.7 Å². The molecule has 2 aliphatic rings. The number of benzene rings is 1. The molecule has 0 saturated carbocycles. The summed E-state index contributed by atoms with van der Waals surface area (Å²) in [5.41, 5.74) is 2.41. The van der Waals surface area contributed by atoms with Crippen LogP contribution in [0.15, 0.2) is 48.8 Å². The van der Waals surface area contributed by atoms with Crippen molar-refractivity contribution in [1.82, 2.24) is 14.8 Å². The van der Waals surface area contributed by atoms with E-state index in [9.17, 15) is 4.79 Å². The van der Waals surface area contributed by atoms with Crippen molar-refractivity contribution in [2.45, 2.75) is 39.0 Å². The SMILES string of the molecule is CC(=O)N1Cc2ccccc2OC(C2CCN(Cc3ccncc3)CC2)C1. The molecule has 1 aromatic carbocycles. The van der Waals surface area contributed by atoms with Crippen molar-refractivity contribution in [3.05, 3.63) is 59.9 Å². The van der Waals surface area contributed by atoms with Crippen molar-refractivity contribution in [1.29, 1.82) is 0 Å². The number of pyridine rings is 1. The van der Waals surface area contributed by atoms with Gasteiger partial charge in [0.25, 0.3) is 0 Å². The van der Waals surface area contributed by atoms with Crippen LogP contribution < -0.4 is 4.74 Å². The highest BCUT2D eigenvalue weighted by Crippen LogP contribution is 2.31. The number of piperidine rings is 1. The number of ether oxygens (including phenoxy) is 1. The summed E-state index contributed by atoms with van der Waals surface area (Å²) in [7, 11) is 0. The van der Waals surface area contributed by atoms with E-state index in [1.54, 1.807) is 6.92 Å². The maximum Gasteiger partial charge on any atom is 0.219 e. The summed E-state index contributed by atoms with van der Waals surface area (Å²) >= 11 is 0. The number of hydrogen-bond donors (Lipinski definition) is 0. The van der Waals surface area contributed by atoms with Crippen molar-refractivity contribution < 1.29 is 9.53 Å². The average Bonchev–Trinajstić information content (AvgIpc) is 2.89. The van der Waals surface area contributed by atoms with E-state index in [2.05, 4.69) is 28.1 Å². The predicted molar refractivity (Wildman–Crippen MR) is 104 cm³/mol. The molecule has 1 fully saturated rings. The lowest BCUT2D eigenvalue weighted by molar-refractivity contribution is -0.130. The van der Waals surface area contributed by atoms with Gasteiger partial charge in [0.05, 0.1) is 6.54 Å². The number of rotatable bonds is 3. The van der Waals surface area contributed by atoms with Crippen LogP contribution in [0.4, 0.5) is 0 Å². The second kappa shape index (κ2) is 8.09. The summed E-state index contributed by atoms with van der Waals surface area (Å²) in [4.78, 5) is 20.6. The van der Waals surface area contributed by atoms with E-state index in [-0.39, 0.29) is 12.0 Å². The normalized spacial score (nSPS) is 21.2. The highest BCUT2D eigenvalue weighted by Gasteiger charge is 2.32. The van der Waals surface area contributed by atoms with Crippen molar-refractivity contribution in [2.75, 3.05) is 19.6 Å². The molecule has 1 unspecified atom stereocenters. The van der Waals surface area contributed by atoms with Crippen LogP contribution in [0, 0.1) is 5.92 Å². The smallest absolute Gasteiger partial charge is 0.219 e. The molecule has 4 rings (SSSR count). The number of carbonyl (C=O) groups is 1. The predicted octanol–water partition coefficient (Wildman–Crippen LogP) is 3.10. The van der Waals surface area contributed by atoms with Crippen LogP contribution in [-0.2, 0) is 17.9 Å². The Morgan fingerprint density at radius 1 is 1.15 bits per heavy atom. The monoisotopic (exact) mass is 365 g/mol. The van der Waals surface area contributed by atoms with Crippen LogP contribution in [0.3, 0.4) is 0 Å². The molecule has 142 valence electrons. The standard InChI is InChI=1S/C22H27N3O2/c1-17(26)25-15-20-4-2-3-5-21(20)27-22(16-25)19-8-12-24(13-9-19)14-18-6-10-23-11-7-18/h2-7,10-11,19,22H,8-9,12-16H2,1H3. The molecule has 1 aromatic heterocycles. The molecule has 0 aliphatic carbocycles. The van der Waals surface area contributed by atoms with E-state index in [1.165, 1.54) is 5.56 Å². The van der Waals surface area contributed by atoms with Gasteiger partial charge in [-0.2, -0.15) is 0 Å². The second-order valence-electron chi connectivity index (χ2n) is 7.63. The van der Waals surface area contributed by atoms with Crippen LogP contribution in [-0.4, -0.2) is 46.4 Å². The van der Waals surface area contributed by atoms with Gasteiger partial charge in [-0.15, -0.1) is 0 Å². The Balaban J connectivity index is 1.41. The number of aromatic nitrogens is 1. The van der Waals surface area contributed by atoms with Crippen molar-refractivity contribution in [3.8, 4) is 5.75 Å². The second-order valence-corrected chi connectivity index (χ2v) is 7.63. The highest BCUT2D eigenvalue weighted by atomic mass is 16.5. The number of para-hydroxylation sites is 1. The molecule has 27 heavy (non-hydrogen) atoms. The summed E-state index contributed by atoms with van der Waals surface area (Å²) in [6.45, 7) is 6.08. The Kier molecular flexibility index (Phi) is 5.39. The molecule has 2 aliphatic heterocycles. The molecule has 3 heterocycles. The van der Waals surface area contributed by atoms with Crippen LogP contribution in [0.2, 0.25) is 0 Å². The molecule has 1 saturated heterocycles. The molecular formula is C22H27N3O2. The lowest BCUT2D eigenvalue weighted by atomic mass is 9.90. The summed E-state index contributed by atoms with van der Waals surface area (Å²) in [5, 5.41) is 0. The summed E-state index contributed by atoms with van der Waals surface area (Å²) < 4.78 is 6.41. The van der Waals surface area contributed by atoms with Crippen LogP contribution in [0.5, 0.6) is 5.75 Å². The molecule has 1 amide bonds. The van der Waals surface area contributed by atoms with Gasteiger partial charge in [0, 0.05) is 43.9 Å². The largest absolute Gasteiger partial charge is 0.488 e. The fraction of sp³-hybridized carbons (Fsp3) is 0.455. The minimum absolute atomic E-state index is 0.0700. The number of fused-ring (bicyclic) bond motifs is 1. The van der Waals surface area contributed by atoms with Crippen LogP contribution in [0.25, 0.3) is 0 Å². The molecule has 0 radical (unpaired) electrons. The van der Waals surface area contributed by atoms with Gasteiger partial charge < -0.3 is 9.64 Å². The Bertz CT molecular complexity index is 772. The molecular weight excluding hydrogens is 338 g/mol. The molecule has 5 nitrogen and oxygen atoms in total. The van der Waals surface area contributed by atoms with Gasteiger partial charge in [-0.25, -0.2) is 0 Å². The van der Waals surface area contributed by atoms with Crippen molar-refractivity contribution in [2.24, 2.45) is 5.92 Å². The maximum atomic E-state index is 12.1. The Hall–Kier alpha value is -2.40. The zero-order valence-corrected chi connectivity index (χ0v) is 15.9. The summed E-state index contributed by atoms with van der Waals surface area (Å²) in [6, 6.07) is 12.3. The van der Waals surface area contributed by atoms with Crippen molar-refractivity contribution >= 4 is 5.91 Å². The van der Waals surface area contributed by atoms with Crippen LogP contribution in [0.1, 0.15) is 30.9 Å². The van der Waals surface area contributed by atoms with E-state index in [1.807, 2.05) is 35.5 Å². The Morgan fingerprint density at radius 2 is 1.89 bits per heavy atom. The van der Waals surface area contributed by atoms with Gasteiger partial charge in [0.1, 0.15) is 11.9 Å². The van der Waals surface area contributed by atoms with E-state index >= 15 is 0 Å². The minimum atomic E-state index is 0.0700. The lowest BCUT2D eigenvalue weighted by Gasteiger charge is -2.36. The Morgan fingerprint density at radius 3 is 2.63 bits per heavy atom. The van der Waals surface area contributed by atoms with Gasteiger partial charge in [0.2, 0.25) is 5.91 Å². The van der Waals surface area contributed by atoms with E-state index in [0.29, 0.717) is 19.0 Å².